The highest BCUT2D eigenvalue weighted by Gasteiger charge is 2.19. The highest BCUT2D eigenvalue weighted by atomic mass is 16.5. The fraction of sp³-hybridized carbons (Fsp3) is 0.692. The molecule has 0 aliphatic rings. The molecular weight excluding hydrogens is 230 g/mol. The van der Waals surface area contributed by atoms with Crippen molar-refractivity contribution in [3.05, 3.63) is 11.9 Å². The minimum absolute atomic E-state index is 0.0701. The summed E-state index contributed by atoms with van der Waals surface area (Å²) in [5.74, 6) is 1.11. The zero-order chi connectivity index (χ0) is 13.6. The smallest absolute Gasteiger partial charge is 0.224 e. The summed E-state index contributed by atoms with van der Waals surface area (Å²) in [7, 11) is 3.20. The molecule has 0 aliphatic carbocycles. The summed E-state index contributed by atoms with van der Waals surface area (Å²) >= 11 is 0. The Morgan fingerprint density at radius 2 is 1.72 bits per heavy atom. The van der Waals surface area contributed by atoms with Crippen molar-refractivity contribution in [3.8, 4) is 11.8 Å². The Hall–Kier alpha value is -1.36. The van der Waals surface area contributed by atoms with E-state index >= 15 is 0 Å². The van der Waals surface area contributed by atoms with Crippen LogP contribution in [-0.2, 0) is 6.54 Å². The van der Waals surface area contributed by atoms with Crippen LogP contribution in [0.3, 0.4) is 0 Å². The third-order valence-electron chi connectivity index (χ3n) is 2.87. The van der Waals surface area contributed by atoms with Gasteiger partial charge in [0.2, 0.25) is 11.8 Å². The van der Waals surface area contributed by atoms with E-state index < -0.39 is 0 Å². The van der Waals surface area contributed by atoms with Gasteiger partial charge in [0.1, 0.15) is 6.33 Å². The van der Waals surface area contributed by atoms with Gasteiger partial charge in [-0.1, -0.05) is 13.3 Å². The van der Waals surface area contributed by atoms with Gasteiger partial charge in [-0.15, -0.1) is 0 Å². The van der Waals surface area contributed by atoms with Gasteiger partial charge in [0, 0.05) is 12.1 Å². The maximum Gasteiger partial charge on any atom is 0.224 e. The lowest BCUT2D eigenvalue weighted by Gasteiger charge is -2.26. The predicted molar refractivity (Wildman–Crippen MR) is 71.0 cm³/mol. The summed E-state index contributed by atoms with van der Waals surface area (Å²) in [5.41, 5.74) is 0.923. The highest BCUT2D eigenvalue weighted by Crippen LogP contribution is 2.24. The first-order valence-corrected chi connectivity index (χ1v) is 6.21. The maximum atomic E-state index is 5.24. The normalized spacial score (nSPS) is 11.4. The van der Waals surface area contributed by atoms with Crippen LogP contribution >= 0.6 is 0 Å². The van der Waals surface area contributed by atoms with E-state index in [1.165, 1.54) is 6.33 Å². The molecule has 5 nitrogen and oxygen atoms in total. The molecule has 0 saturated carbocycles. The van der Waals surface area contributed by atoms with Gasteiger partial charge < -0.3 is 14.8 Å². The molecule has 1 rings (SSSR count). The molecule has 0 amide bonds. The van der Waals surface area contributed by atoms with Gasteiger partial charge in [-0.2, -0.15) is 0 Å². The van der Waals surface area contributed by atoms with Crippen LogP contribution in [0.25, 0.3) is 0 Å². The van der Waals surface area contributed by atoms with E-state index in [4.69, 9.17) is 9.47 Å². The number of ether oxygens (including phenoxy) is 2. The monoisotopic (exact) mass is 253 g/mol. The van der Waals surface area contributed by atoms with E-state index in [2.05, 4.69) is 36.1 Å². The lowest BCUT2D eigenvalue weighted by atomic mass is 9.99. The molecule has 1 aromatic heterocycles. The lowest BCUT2D eigenvalue weighted by Crippen LogP contribution is -2.38. The molecule has 0 fully saturated rings. The van der Waals surface area contributed by atoms with Crippen molar-refractivity contribution in [1.82, 2.24) is 15.3 Å². The van der Waals surface area contributed by atoms with Crippen LogP contribution in [0.5, 0.6) is 11.8 Å². The topological polar surface area (TPSA) is 56.3 Å². The van der Waals surface area contributed by atoms with Gasteiger partial charge >= 0.3 is 0 Å². The van der Waals surface area contributed by atoms with Crippen LogP contribution in [0.4, 0.5) is 0 Å². The highest BCUT2D eigenvalue weighted by molar-refractivity contribution is 5.34. The van der Waals surface area contributed by atoms with E-state index in [1.807, 2.05) is 0 Å². The van der Waals surface area contributed by atoms with Gasteiger partial charge in [0.15, 0.2) is 0 Å². The molecule has 0 aromatic carbocycles. The van der Waals surface area contributed by atoms with Gasteiger partial charge in [0.05, 0.1) is 19.8 Å². The molecule has 0 unspecified atom stereocenters. The number of nitrogens with one attached hydrogen (secondary N) is 1. The minimum Gasteiger partial charge on any atom is -0.481 e. The van der Waals surface area contributed by atoms with Crippen molar-refractivity contribution in [2.75, 3.05) is 14.2 Å². The Morgan fingerprint density at radius 3 is 2.17 bits per heavy atom. The second-order valence-corrected chi connectivity index (χ2v) is 4.86. The zero-order valence-corrected chi connectivity index (χ0v) is 11.9. The van der Waals surface area contributed by atoms with Crippen LogP contribution in [0.15, 0.2) is 6.33 Å². The molecule has 102 valence electrons. The van der Waals surface area contributed by atoms with E-state index in [0.717, 1.165) is 18.4 Å². The summed E-state index contributed by atoms with van der Waals surface area (Å²) in [6.45, 7) is 7.16. The van der Waals surface area contributed by atoms with Gasteiger partial charge in [0.25, 0.3) is 0 Å². The minimum atomic E-state index is 0.0701. The second kappa shape index (κ2) is 6.54. The first-order chi connectivity index (χ1) is 8.54. The van der Waals surface area contributed by atoms with Crippen LogP contribution in [0.2, 0.25) is 0 Å². The fourth-order valence-corrected chi connectivity index (χ4v) is 1.93. The summed E-state index contributed by atoms with van der Waals surface area (Å²) in [4.78, 5) is 8.20. The Morgan fingerprint density at radius 1 is 1.17 bits per heavy atom. The molecule has 1 heterocycles. The Bertz CT molecular complexity index is 358. The van der Waals surface area contributed by atoms with E-state index in [1.54, 1.807) is 14.2 Å². The lowest BCUT2D eigenvalue weighted by molar-refractivity contribution is 0.330. The third kappa shape index (κ3) is 3.84. The molecule has 18 heavy (non-hydrogen) atoms. The summed E-state index contributed by atoms with van der Waals surface area (Å²) in [5, 5.41) is 3.49. The van der Waals surface area contributed by atoms with Gasteiger partial charge in [-0.05, 0) is 20.3 Å². The first kappa shape index (κ1) is 14.7. The SMILES string of the molecule is CCCC(C)(C)NCc1c(OC)ncnc1OC. The average Bonchev–Trinajstić information content (AvgIpc) is 2.35. The van der Waals surface area contributed by atoms with E-state index in [-0.39, 0.29) is 5.54 Å². The third-order valence-corrected chi connectivity index (χ3v) is 2.87. The molecule has 5 heteroatoms. The molecule has 0 spiro atoms. The van der Waals surface area contributed by atoms with Crippen LogP contribution in [0.1, 0.15) is 39.2 Å². The van der Waals surface area contributed by atoms with Gasteiger partial charge in [-0.3, -0.25) is 0 Å². The van der Waals surface area contributed by atoms with Crippen LogP contribution in [-0.4, -0.2) is 29.7 Å². The fourth-order valence-electron chi connectivity index (χ4n) is 1.93. The summed E-state index contributed by atoms with van der Waals surface area (Å²) < 4.78 is 10.5. The molecule has 1 aromatic rings. The molecular formula is C13H23N3O2. The number of rotatable bonds is 7. The van der Waals surface area contributed by atoms with E-state index in [0.29, 0.717) is 18.3 Å². The number of aromatic nitrogens is 2. The molecule has 0 saturated heterocycles. The molecule has 0 aliphatic heterocycles. The van der Waals surface area contributed by atoms with Gasteiger partial charge in [-0.25, -0.2) is 9.97 Å². The standard InChI is InChI=1S/C13H23N3O2/c1-6-7-13(2,3)16-8-10-11(17-4)14-9-15-12(10)18-5/h9,16H,6-8H2,1-5H3. The van der Waals surface area contributed by atoms with Crippen molar-refractivity contribution in [1.29, 1.82) is 0 Å². The molecule has 1 N–H and O–H groups in total. The zero-order valence-electron chi connectivity index (χ0n) is 11.9. The van der Waals surface area contributed by atoms with Crippen molar-refractivity contribution in [2.24, 2.45) is 0 Å². The van der Waals surface area contributed by atoms with Crippen molar-refractivity contribution in [3.63, 3.8) is 0 Å². The van der Waals surface area contributed by atoms with Crippen molar-refractivity contribution in [2.45, 2.75) is 45.7 Å². The summed E-state index contributed by atoms with van der Waals surface area (Å²) in [6.07, 6.45) is 3.68. The van der Waals surface area contributed by atoms with Crippen molar-refractivity contribution >= 4 is 0 Å². The van der Waals surface area contributed by atoms with Crippen molar-refractivity contribution < 1.29 is 9.47 Å². The number of hydrogen-bond acceptors (Lipinski definition) is 5. The Balaban J connectivity index is 2.83. The van der Waals surface area contributed by atoms with Crippen LogP contribution < -0.4 is 14.8 Å². The second-order valence-electron chi connectivity index (χ2n) is 4.86. The molecule has 0 atom stereocenters. The quantitative estimate of drug-likeness (QED) is 0.807. The Kier molecular flexibility index (Phi) is 5.34. The number of methoxy groups -OCH3 is 2. The van der Waals surface area contributed by atoms with Crippen LogP contribution in [0, 0.1) is 0 Å². The largest absolute Gasteiger partial charge is 0.481 e. The average molecular weight is 253 g/mol. The molecule has 0 bridgehead atoms. The summed E-state index contributed by atoms with van der Waals surface area (Å²) in [6, 6.07) is 0. The van der Waals surface area contributed by atoms with E-state index in [9.17, 15) is 0 Å². The maximum absolute atomic E-state index is 5.24. The predicted octanol–water partition coefficient (Wildman–Crippen LogP) is 2.16. The number of nitrogens with zero attached hydrogens (tertiary/aromatic N) is 2. The first-order valence-electron chi connectivity index (χ1n) is 6.21. The molecule has 0 radical (unpaired) electrons. The Labute approximate surface area is 109 Å². The number of hydrogen-bond donors (Lipinski definition) is 1.